The predicted octanol–water partition coefficient (Wildman–Crippen LogP) is 1.47. The van der Waals surface area contributed by atoms with Gasteiger partial charge in [0.1, 0.15) is 0 Å². The van der Waals surface area contributed by atoms with E-state index in [4.69, 9.17) is 9.47 Å². The summed E-state index contributed by atoms with van der Waals surface area (Å²) in [5.41, 5.74) is 0.737. The van der Waals surface area contributed by atoms with Crippen LogP contribution in [-0.2, 0) is 16.6 Å². The normalized spacial score (nSPS) is 38.9. The van der Waals surface area contributed by atoms with Gasteiger partial charge >= 0.3 is 0 Å². The van der Waals surface area contributed by atoms with Gasteiger partial charge in [0.25, 0.3) is 0 Å². The van der Waals surface area contributed by atoms with Crippen molar-refractivity contribution >= 4 is 18.2 Å². The van der Waals surface area contributed by atoms with Crippen LogP contribution in [0.5, 0.6) is 11.5 Å². The quantitative estimate of drug-likeness (QED) is 0.830. The summed E-state index contributed by atoms with van der Waals surface area (Å²) in [5, 5.41) is 11.7. The maximum atomic E-state index is 12.7. The molecule has 5 rings (SSSR count). The Bertz CT molecular complexity index is 738. The van der Waals surface area contributed by atoms with Crippen LogP contribution in [0.4, 0.5) is 0 Å². The average Bonchev–Trinajstić information content (AvgIpc) is 2.90. The summed E-state index contributed by atoms with van der Waals surface area (Å²) >= 11 is 0. The number of ketones is 1. The van der Waals surface area contributed by atoms with Crippen LogP contribution in [0.2, 0.25) is 0 Å². The molecule has 2 fully saturated rings. The van der Waals surface area contributed by atoms with E-state index in [1.54, 1.807) is 7.11 Å². The fourth-order valence-corrected chi connectivity index (χ4v) is 5.69. The molecule has 0 aromatic heterocycles. The lowest BCUT2D eigenvalue weighted by molar-refractivity contribution is -0.185. The summed E-state index contributed by atoms with van der Waals surface area (Å²) in [6, 6.07) is 4.05. The molecule has 1 N–H and O–H groups in total. The zero-order valence-corrected chi connectivity index (χ0v) is 14.7. The Balaban J connectivity index is 0.00000146. The second-order valence-electron chi connectivity index (χ2n) is 7.44. The Morgan fingerprint density at radius 2 is 2.17 bits per heavy atom. The molecule has 1 saturated heterocycles. The molecule has 1 aromatic rings. The number of ether oxygens (including phenoxy) is 2. The van der Waals surface area contributed by atoms with Gasteiger partial charge in [0.15, 0.2) is 23.4 Å². The first-order valence-corrected chi connectivity index (χ1v) is 8.35. The Morgan fingerprint density at radius 1 is 1.38 bits per heavy atom. The Morgan fingerprint density at radius 3 is 2.92 bits per heavy atom. The number of hydrogen-bond donors (Lipinski definition) is 1. The van der Waals surface area contributed by atoms with E-state index in [0.29, 0.717) is 24.3 Å². The topological polar surface area (TPSA) is 59.0 Å². The molecule has 4 atom stereocenters. The van der Waals surface area contributed by atoms with E-state index in [0.717, 1.165) is 24.9 Å². The van der Waals surface area contributed by atoms with Crippen molar-refractivity contribution in [3.05, 3.63) is 23.3 Å². The minimum atomic E-state index is -0.900. The van der Waals surface area contributed by atoms with E-state index in [-0.39, 0.29) is 24.2 Å². The van der Waals surface area contributed by atoms with Crippen LogP contribution >= 0.6 is 12.4 Å². The van der Waals surface area contributed by atoms with Gasteiger partial charge in [-0.2, -0.15) is 0 Å². The number of benzene rings is 1. The zero-order valence-electron chi connectivity index (χ0n) is 13.9. The Kier molecular flexibility index (Phi) is 3.28. The molecule has 1 aromatic carbocycles. The fraction of sp³-hybridized carbons (Fsp3) is 0.611. The van der Waals surface area contributed by atoms with Crippen molar-refractivity contribution < 1.29 is 19.4 Å². The van der Waals surface area contributed by atoms with Crippen molar-refractivity contribution in [3.8, 4) is 11.5 Å². The van der Waals surface area contributed by atoms with Gasteiger partial charge < -0.3 is 19.5 Å². The number of methoxy groups -OCH3 is 1. The molecule has 24 heavy (non-hydrogen) atoms. The van der Waals surface area contributed by atoms with Gasteiger partial charge in [-0.1, -0.05) is 6.07 Å². The second-order valence-corrected chi connectivity index (χ2v) is 7.44. The SMILES string of the molecule is COc1ccc2c3c1OC1C(=O)CC[C@@]4(O)C(C2)N(C)CC[C@]314.Cl. The third-order valence-electron chi connectivity index (χ3n) is 6.73. The lowest BCUT2D eigenvalue weighted by Gasteiger charge is -2.62. The second kappa shape index (κ2) is 4.87. The van der Waals surface area contributed by atoms with Crippen molar-refractivity contribution in [2.24, 2.45) is 0 Å². The molecule has 1 spiro atoms. The minimum Gasteiger partial charge on any atom is -0.493 e. The summed E-state index contributed by atoms with van der Waals surface area (Å²) in [4.78, 5) is 14.9. The van der Waals surface area contributed by atoms with Gasteiger partial charge in [0.05, 0.1) is 18.1 Å². The van der Waals surface area contributed by atoms with Gasteiger partial charge in [0, 0.05) is 18.0 Å². The number of rotatable bonds is 1. The van der Waals surface area contributed by atoms with Crippen LogP contribution in [0.1, 0.15) is 30.4 Å². The van der Waals surface area contributed by atoms with Gasteiger partial charge in [-0.3, -0.25) is 4.79 Å². The first-order valence-electron chi connectivity index (χ1n) is 8.35. The Labute approximate surface area is 147 Å². The van der Waals surface area contributed by atoms with Crippen molar-refractivity contribution in [3.63, 3.8) is 0 Å². The number of carbonyl (C=O) groups is 1. The maximum Gasteiger partial charge on any atom is 0.174 e. The molecular weight excluding hydrogens is 330 g/mol. The molecule has 1 saturated carbocycles. The number of carbonyl (C=O) groups excluding carboxylic acids is 1. The van der Waals surface area contributed by atoms with Gasteiger partial charge in [-0.15, -0.1) is 12.4 Å². The van der Waals surface area contributed by atoms with Crippen LogP contribution in [0.25, 0.3) is 0 Å². The standard InChI is InChI=1S/C18H21NO4.ClH/c1-19-8-7-17-14-10-3-4-12(22-2)15(14)23-16(17)11(20)5-6-18(17,21)13(19)9-10;/h3-4,13,16,21H,5-9H2,1-2H3;1H/t13?,16?,17-,18+;/m0./s1. The van der Waals surface area contributed by atoms with Crippen molar-refractivity contribution in [1.29, 1.82) is 0 Å². The summed E-state index contributed by atoms with van der Waals surface area (Å²) in [6.45, 7) is 0.871. The number of piperidine rings is 1. The highest BCUT2D eigenvalue weighted by Gasteiger charge is 2.72. The molecule has 2 heterocycles. The molecule has 2 unspecified atom stereocenters. The highest BCUT2D eigenvalue weighted by molar-refractivity contribution is 5.90. The monoisotopic (exact) mass is 351 g/mol. The number of aliphatic hydroxyl groups is 1. The van der Waals surface area contributed by atoms with Crippen LogP contribution in [-0.4, -0.2) is 54.2 Å². The molecule has 6 heteroatoms. The third-order valence-corrected chi connectivity index (χ3v) is 6.73. The fourth-order valence-electron chi connectivity index (χ4n) is 5.69. The number of likely N-dealkylation sites (tertiary alicyclic amines) is 1. The van der Waals surface area contributed by atoms with Gasteiger partial charge in [0.2, 0.25) is 0 Å². The molecule has 2 aliphatic heterocycles. The smallest absolute Gasteiger partial charge is 0.174 e. The Hall–Kier alpha value is -1.30. The number of halogens is 1. The van der Waals surface area contributed by atoms with E-state index >= 15 is 0 Å². The van der Waals surface area contributed by atoms with Gasteiger partial charge in [-0.05, 0) is 44.5 Å². The lowest BCUT2D eigenvalue weighted by atomic mass is 9.49. The first kappa shape index (κ1) is 16.2. The molecule has 0 amide bonds. The van der Waals surface area contributed by atoms with Crippen LogP contribution in [0.15, 0.2) is 12.1 Å². The molecule has 0 radical (unpaired) electrons. The summed E-state index contributed by atoms with van der Waals surface area (Å²) in [5.74, 6) is 1.47. The summed E-state index contributed by atoms with van der Waals surface area (Å²) in [6.07, 6.45) is 1.89. The molecule has 4 aliphatic rings. The van der Waals surface area contributed by atoms with E-state index < -0.39 is 17.1 Å². The molecule has 2 aliphatic carbocycles. The lowest BCUT2D eigenvalue weighted by Crippen LogP contribution is -2.76. The highest BCUT2D eigenvalue weighted by Crippen LogP contribution is 2.64. The van der Waals surface area contributed by atoms with Crippen molar-refractivity contribution in [2.75, 3.05) is 20.7 Å². The van der Waals surface area contributed by atoms with Crippen molar-refractivity contribution in [2.45, 2.75) is 48.8 Å². The van der Waals surface area contributed by atoms with Crippen LogP contribution in [0.3, 0.4) is 0 Å². The number of nitrogens with zero attached hydrogens (tertiary/aromatic N) is 1. The predicted molar refractivity (Wildman–Crippen MR) is 90.3 cm³/mol. The molecular formula is C18H22ClNO4. The minimum absolute atomic E-state index is 0. The van der Waals surface area contributed by atoms with Crippen LogP contribution < -0.4 is 9.47 Å². The summed E-state index contributed by atoms with van der Waals surface area (Å²) < 4.78 is 11.6. The molecule has 2 bridgehead atoms. The summed E-state index contributed by atoms with van der Waals surface area (Å²) in [7, 11) is 3.70. The van der Waals surface area contributed by atoms with Gasteiger partial charge in [-0.25, -0.2) is 0 Å². The number of likely N-dealkylation sites (N-methyl/N-ethyl adjacent to an activating group) is 1. The average molecular weight is 352 g/mol. The molecule has 130 valence electrons. The van der Waals surface area contributed by atoms with Crippen LogP contribution in [0, 0.1) is 0 Å². The first-order chi connectivity index (χ1) is 11.0. The van der Waals surface area contributed by atoms with E-state index in [2.05, 4.69) is 18.0 Å². The highest BCUT2D eigenvalue weighted by atomic mass is 35.5. The number of hydrogen-bond acceptors (Lipinski definition) is 5. The van der Waals surface area contributed by atoms with E-state index in [9.17, 15) is 9.90 Å². The number of Topliss-reactive ketones (excluding diaryl/α,β-unsaturated/α-hetero) is 1. The van der Waals surface area contributed by atoms with E-state index in [1.165, 1.54) is 5.56 Å². The van der Waals surface area contributed by atoms with Crippen molar-refractivity contribution in [1.82, 2.24) is 4.90 Å². The maximum absolute atomic E-state index is 12.7. The largest absolute Gasteiger partial charge is 0.493 e. The third kappa shape index (κ3) is 1.52. The zero-order chi connectivity index (χ0) is 16.0. The molecule has 5 nitrogen and oxygen atoms in total. The van der Waals surface area contributed by atoms with E-state index in [1.807, 2.05) is 6.07 Å².